The predicted octanol–water partition coefficient (Wildman–Crippen LogP) is 2.92. The molecule has 6 heteroatoms. The van der Waals surface area contributed by atoms with E-state index in [9.17, 15) is 19.5 Å². The second-order valence-corrected chi connectivity index (χ2v) is 6.94. The standard InChI is InChI=1S/C17H15NO4S/c1-10(19)23-13-8-16(20)18(9-13)15-7-12-5-3-2-4-11(12)6-14(15)17(21)22/h2-7,13H,8-9H2,1H3,(H,21,22). The van der Waals surface area contributed by atoms with E-state index in [1.807, 2.05) is 24.3 Å². The maximum Gasteiger partial charge on any atom is 0.337 e. The third-order valence-corrected chi connectivity index (χ3v) is 4.79. The van der Waals surface area contributed by atoms with Crippen molar-refractivity contribution in [3.8, 4) is 0 Å². The minimum Gasteiger partial charge on any atom is -0.478 e. The smallest absolute Gasteiger partial charge is 0.337 e. The summed E-state index contributed by atoms with van der Waals surface area (Å²) in [4.78, 5) is 36.6. The van der Waals surface area contributed by atoms with Crippen LogP contribution in [0.3, 0.4) is 0 Å². The van der Waals surface area contributed by atoms with Gasteiger partial charge in [-0.05, 0) is 22.9 Å². The summed E-state index contributed by atoms with van der Waals surface area (Å²) < 4.78 is 0. The number of carbonyl (C=O) groups excluding carboxylic acids is 2. The maximum atomic E-state index is 12.3. The van der Waals surface area contributed by atoms with E-state index in [2.05, 4.69) is 0 Å². The summed E-state index contributed by atoms with van der Waals surface area (Å²) in [5.74, 6) is -1.22. The molecule has 1 aliphatic rings. The monoisotopic (exact) mass is 329 g/mol. The molecule has 1 amide bonds. The highest BCUT2D eigenvalue weighted by Gasteiger charge is 2.34. The fourth-order valence-electron chi connectivity index (χ4n) is 2.84. The number of fused-ring (bicyclic) bond motifs is 1. The molecule has 1 unspecified atom stereocenters. The maximum absolute atomic E-state index is 12.3. The first-order valence-corrected chi connectivity index (χ1v) is 8.07. The summed E-state index contributed by atoms with van der Waals surface area (Å²) in [7, 11) is 0. The Labute approximate surface area is 137 Å². The number of carboxylic acids is 1. The van der Waals surface area contributed by atoms with Gasteiger partial charge in [-0.3, -0.25) is 9.59 Å². The van der Waals surface area contributed by atoms with Crippen LogP contribution < -0.4 is 4.90 Å². The molecule has 3 rings (SSSR count). The summed E-state index contributed by atoms with van der Waals surface area (Å²) in [5, 5.41) is 11.0. The van der Waals surface area contributed by atoms with Crippen molar-refractivity contribution in [3.63, 3.8) is 0 Å². The number of rotatable bonds is 3. The van der Waals surface area contributed by atoms with Gasteiger partial charge in [0.25, 0.3) is 0 Å². The van der Waals surface area contributed by atoms with Crippen LogP contribution in [0.5, 0.6) is 0 Å². The Bertz CT molecular complexity index is 817. The Morgan fingerprint density at radius 1 is 1.22 bits per heavy atom. The first kappa shape index (κ1) is 15.6. The van der Waals surface area contributed by atoms with Gasteiger partial charge in [0.05, 0.1) is 11.3 Å². The Balaban J connectivity index is 2.04. The van der Waals surface area contributed by atoms with Crippen molar-refractivity contribution < 1.29 is 19.5 Å². The summed E-state index contributed by atoms with van der Waals surface area (Å²) in [5.41, 5.74) is 0.498. The van der Waals surface area contributed by atoms with Crippen molar-refractivity contribution in [1.82, 2.24) is 0 Å². The highest BCUT2D eigenvalue weighted by molar-refractivity contribution is 8.14. The molecule has 0 aliphatic carbocycles. The van der Waals surface area contributed by atoms with Crippen LogP contribution in [-0.4, -0.2) is 33.9 Å². The fraction of sp³-hybridized carbons (Fsp3) is 0.235. The van der Waals surface area contributed by atoms with E-state index in [1.165, 1.54) is 11.8 Å². The number of carbonyl (C=O) groups is 3. The normalized spacial score (nSPS) is 17.7. The van der Waals surface area contributed by atoms with E-state index < -0.39 is 5.97 Å². The summed E-state index contributed by atoms with van der Waals surface area (Å²) in [6.45, 7) is 1.82. The molecule has 0 radical (unpaired) electrons. The zero-order chi connectivity index (χ0) is 16.6. The van der Waals surface area contributed by atoms with Crippen LogP contribution in [0.2, 0.25) is 0 Å². The molecular formula is C17H15NO4S. The minimum absolute atomic E-state index is 0.0402. The van der Waals surface area contributed by atoms with Gasteiger partial charge >= 0.3 is 5.97 Å². The molecule has 1 saturated heterocycles. The summed E-state index contributed by atoms with van der Waals surface area (Å²) in [6, 6.07) is 10.8. The third-order valence-electron chi connectivity index (χ3n) is 3.81. The Morgan fingerprint density at radius 2 is 1.87 bits per heavy atom. The first-order valence-electron chi connectivity index (χ1n) is 7.19. The van der Waals surface area contributed by atoms with Crippen LogP contribution in [0.4, 0.5) is 5.69 Å². The lowest BCUT2D eigenvalue weighted by Crippen LogP contribution is -2.27. The number of hydrogen-bond acceptors (Lipinski definition) is 4. The Hall–Kier alpha value is -2.34. The van der Waals surface area contributed by atoms with E-state index >= 15 is 0 Å². The third kappa shape index (κ3) is 3.07. The largest absolute Gasteiger partial charge is 0.478 e. The van der Waals surface area contributed by atoms with Crippen LogP contribution >= 0.6 is 11.8 Å². The van der Waals surface area contributed by atoms with Crippen molar-refractivity contribution in [1.29, 1.82) is 0 Å². The van der Waals surface area contributed by atoms with Crippen molar-refractivity contribution in [2.75, 3.05) is 11.4 Å². The number of anilines is 1. The zero-order valence-electron chi connectivity index (χ0n) is 12.5. The van der Waals surface area contributed by atoms with Gasteiger partial charge in [0.1, 0.15) is 0 Å². The van der Waals surface area contributed by atoms with Gasteiger partial charge < -0.3 is 10.0 Å². The van der Waals surface area contributed by atoms with Crippen molar-refractivity contribution >= 4 is 45.2 Å². The van der Waals surface area contributed by atoms with Crippen LogP contribution in [0.1, 0.15) is 23.7 Å². The van der Waals surface area contributed by atoms with Crippen molar-refractivity contribution in [2.24, 2.45) is 0 Å². The lowest BCUT2D eigenvalue weighted by molar-refractivity contribution is -0.117. The SMILES string of the molecule is CC(=O)SC1CC(=O)N(c2cc3ccccc3cc2C(=O)O)C1. The highest BCUT2D eigenvalue weighted by atomic mass is 32.2. The molecule has 1 heterocycles. The molecule has 0 spiro atoms. The molecule has 118 valence electrons. The van der Waals surface area contributed by atoms with Gasteiger partial charge in [0, 0.05) is 25.1 Å². The molecule has 23 heavy (non-hydrogen) atoms. The Morgan fingerprint density at radius 3 is 2.48 bits per heavy atom. The Kier molecular flexibility index (Phi) is 4.09. The topological polar surface area (TPSA) is 74.7 Å². The molecule has 1 N–H and O–H groups in total. The number of nitrogens with zero attached hydrogens (tertiary/aromatic N) is 1. The molecule has 1 atom stereocenters. The van der Waals surface area contributed by atoms with Gasteiger partial charge in [0.15, 0.2) is 5.12 Å². The number of benzene rings is 2. The molecule has 5 nitrogen and oxygen atoms in total. The zero-order valence-corrected chi connectivity index (χ0v) is 13.3. The van der Waals surface area contributed by atoms with Crippen molar-refractivity contribution in [3.05, 3.63) is 42.0 Å². The van der Waals surface area contributed by atoms with Crippen LogP contribution in [0.25, 0.3) is 10.8 Å². The molecule has 0 aromatic heterocycles. The van der Waals surface area contributed by atoms with Gasteiger partial charge in [0.2, 0.25) is 5.91 Å². The lowest BCUT2D eigenvalue weighted by Gasteiger charge is -2.19. The van der Waals surface area contributed by atoms with Crippen molar-refractivity contribution in [2.45, 2.75) is 18.6 Å². The predicted molar refractivity (Wildman–Crippen MR) is 89.9 cm³/mol. The van der Waals surface area contributed by atoms with Gasteiger partial charge in [-0.15, -0.1) is 0 Å². The molecule has 0 bridgehead atoms. The van der Waals surface area contributed by atoms with Gasteiger partial charge in [-0.2, -0.15) is 0 Å². The highest BCUT2D eigenvalue weighted by Crippen LogP contribution is 2.33. The van der Waals surface area contributed by atoms with Gasteiger partial charge in [-0.1, -0.05) is 36.0 Å². The van der Waals surface area contributed by atoms with Crippen LogP contribution in [0, 0.1) is 0 Å². The van der Waals surface area contributed by atoms with E-state index in [-0.39, 0.29) is 28.3 Å². The first-order chi connectivity index (χ1) is 11.0. The fourth-order valence-corrected chi connectivity index (χ4v) is 3.76. The number of aromatic carboxylic acids is 1. The number of carboxylic acid groups (broad SMARTS) is 1. The molecular weight excluding hydrogens is 314 g/mol. The van der Waals surface area contributed by atoms with Crippen LogP contribution in [-0.2, 0) is 9.59 Å². The molecule has 0 saturated carbocycles. The van der Waals surface area contributed by atoms with E-state index in [0.29, 0.717) is 12.2 Å². The molecule has 1 fully saturated rings. The molecule has 2 aromatic carbocycles. The van der Waals surface area contributed by atoms with E-state index in [1.54, 1.807) is 12.1 Å². The molecule has 2 aromatic rings. The van der Waals surface area contributed by atoms with E-state index in [0.717, 1.165) is 22.5 Å². The number of thioether (sulfide) groups is 1. The average Bonchev–Trinajstić information content (AvgIpc) is 2.85. The molecule has 1 aliphatic heterocycles. The summed E-state index contributed by atoms with van der Waals surface area (Å²) >= 11 is 1.13. The number of amides is 1. The lowest BCUT2D eigenvalue weighted by atomic mass is 10.0. The van der Waals surface area contributed by atoms with Crippen LogP contribution in [0.15, 0.2) is 36.4 Å². The summed E-state index contributed by atoms with van der Waals surface area (Å²) in [6.07, 6.45) is 0.246. The quantitative estimate of drug-likeness (QED) is 0.937. The minimum atomic E-state index is -1.07. The second-order valence-electron chi connectivity index (χ2n) is 5.46. The second kappa shape index (κ2) is 6.04. The number of hydrogen-bond donors (Lipinski definition) is 1. The average molecular weight is 329 g/mol. The van der Waals surface area contributed by atoms with E-state index in [4.69, 9.17) is 0 Å². The van der Waals surface area contributed by atoms with Gasteiger partial charge in [-0.25, -0.2) is 4.79 Å².